The zero-order valence-electron chi connectivity index (χ0n) is 46.9. The third-order valence-corrected chi connectivity index (χ3v) is 16.1. The predicted molar refractivity (Wildman–Crippen MR) is 361 cm³/mol. The zero-order valence-corrected chi connectivity index (χ0v) is 46.9. The Balaban J connectivity index is 0.699. The predicted octanol–water partition coefficient (Wildman–Crippen LogP) is 23.3. The zero-order chi connectivity index (χ0) is 56.7. The number of anilines is 9. The van der Waals surface area contributed by atoms with Crippen molar-refractivity contribution >= 4 is 62.0 Å². The summed E-state index contributed by atoms with van der Waals surface area (Å²) in [6.45, 7) is 0. The van der Waals surface area contributed by atoms with Crippen molar-refractivity contribution < 1.29 is 0 Å². The summed E-state index contributed by atoms with van der Waals surface area (Å²) in [5, 5.41) is 2.42. The van der Waals surface area contributed by atoms with Crippen LogP contribution in [0.1, 0.15) is 0 Å². The van der Waals surface area contributed by atoms with E-state index in [0.717, 1.165) is 73.4 Å². The van der Waals surface area contributed by atoms with Crippen LogP contribution < -0.4 is 14.7 Å². The molecule has 0 bridgehead atoms. The van der Waals surface area contributed by atoms with E-state index < -0.39 is 0 Å². The average molecular weight is 1090 g/mol. The monoisotopic (exact) mass is 1090 g/mol. The minimum Gasteiger partial charge on any atom is -0.311 e. The van der Waals surface area contributed by atoms with Gasteiger partial charge in [0.2, 0.25) is 0 Å². The Bertz CT molecular complexity index is 4390. The van der Waals surface area contributed by atoms with E-state index in [1.165, 1.54) is 55.3 Å². The molecule has 0 amide bonds. The topological polar surface area (TPSA) is 9.72 Å². The Morgan fingerprint density at radius 2 is 0.329 bits per heavy atom. The second-order valence-corrected chi connectivity index (χ2v) is 21.3. The Labute approximate surface area is 498 Å². The lowest BCUT2D eigenvalue weighted by Gasteiger charge is -2.27. The summed E-state index contributed by atoms with van der Waals surface area (Å²) in [4.78, 5) is 7.04. The molecule has 85 heavy (non-hydrogen) atoms. The van der Waals surface area contributed by atoms with E-state index in [2.05, 4.69) is 373 Å². The fourth-order valence-corrected chi connectivity index (χ4v) is 11.7. The largest absolute Gasteiger partial charge is 0.311 e. The molecule has 14 aromatic carbocycles. The van der Waals surface area contributed by atoms with Gasteiger partial charge in [-0.2, -0.15) is 0 Å². The van der Waals surface area contributed by atoms with Gasteiger partial charge in [-0.25, -0.2) is 0 Å². The first-order chi connectivity index (χ1) is 42.1. The fourth-order valence-electron chi connectivity index (χ4n) is 11.7. The van der Waals surface area contributed by atoms with Crippen molar-refractivity contribution in [1.29, 1.82) is 0 Å². The highest BCUT2D eigenvalue weighted by Gasteiger charge is 2.19. The van der Waals surface area contributed by atoms with Gasteiger partial charge in [0.05, 0.1) is 5.69 Å². The lowest BCUT2D eigenvalue weighted by atomic mass is 9.99. The lowest BCUT2D eigenvalue weighted by Crippen LogP contribution is -2.10. The van der Waals surface area contributed by atoms with E-state index in [9.17, 15) is 0 Å². The molecular weight excluding hydrogens is 1030 g/mol. The van der Waals surface area contributed by atoms with Crippen LogP contribution in [0.5, 0.6) is 0 Å². The van der Waals surface area contributed by atoms with Gasteiger partial charge >= 0.3 is 0 Å². The highest BCUT2D eigenvalue weighted by atomic mass is 15.2. The number of benzene rings is 14. The summed E-state index contributed by atoms with van der Waals surface area (Å²) in [6.07, 6.45) is 0. The lowest BCUT2D eigenvalue weighted by molar-refractivity contribution is 1.28. The molecule has 14 aromatic rings. The molecule has 402 valence electrons. The van der Waals surface area contributed by atoms with Gasteiger partial charge in [-0.1, -0.05) is 255 Å². The normalized spacial score (nSPS) is 11.1. The van der Waals surface area contributed by atoms with Crippen LogP contribution in [0, 0.1) is 0 Å². The second-order valence-electron chi connectivity index (χ2n) is 21.3. The molecule has 0 saturated heterocycles. The molecule has 3 nitrogen and oxygen atoms in total. The SMILES string of the molecule is c1ccc(-c2ccc(N(c3ccc(-c4ccccc4)cc3)c3ccc(-c4ccc(N(c5ccccc5)c5ccc(-c6ccc(-c7ccc(N(c8ccc(-c9ccccc9)cc8)c8cccc9ccccc89)cc7)cc6)cc5)cc4)cc3)cc2)cc1. The van der Waals surface area contributed by atoms with E-state index >= 15 is 0 Å². The molecule has 3 heteroatoms. The van der Waals surface area contributed by atoms with E-state index in [4.69, 9.17) is 0 Å². The fraction of sp³-hybridized carbons (Fsp3) is 0. The Morgan fingerprint density at radius 1 is 0.129 bits per heavy atom. The maximum Gasteiger partial charge on any atom is 0.0540 e. The molecule has 0 aromatic heterocycles. The van der Waals surface area contributed by atoms with Crippen LogP contribution >= 0.6 is 0 Å². The van der Waals surface area contributed by atoms with Crippen LogP contribution in [0.25, 0.3) is 77.5 Å². The first kappa shape index (κ1) is 51.9. The summed E-state index contributed by atoms with van der Waals surface area (Å²) in [7, 11) is 0. The van der Waals surface area contributed by atoms with Crippen LogP contribution in [-0.4, -0.2) is 0 Å². The molecule has 0 aliphatic rings. The molecule has 0 heterocycles. The third-order valence-electron chi connectivity index (χ3n) is 16.1. The molecule has 0 fully saturated rings. The van der Waals surface area contributed by atoms with Crippen molar-refractivity contribution in [3.05, 3.63) is 358 Å². The van der Waals surface area contributed by atoms with Crippen molar-refractivity contribution in [2.45, 2.75) is 0 Å². The van der Waals surface area contributed by atoms with E-state index in [1.807, 2.05) is 0 Å². The Morgan fingerprint density at radius 3 is 0.624 bits per heavy atom. The van der Waals surface area contributed by atoms with Gasteiger partial charge in [0.15, 0.2) is 0 Å². The maximum atomic E-state index is 2.37. The number of fused-ring (bicyclic) bond motifs is 1. The molecule has 0 saturated carbocycles. The van der Waals surface area contributed by atoms with Gasteiger partial charge in [-0.15, -0.1) is 0 Å². The smallest absolute Gasteiger partial charge is 0.0540 e. The highest BCUT2D eigenvalue weighted by Crippen LogP contribution is 2.43. The summed E-state index contributed by atoms with van der Waals surface area (Å²) in [5.74, 6) is 0. The summed E-state index contributed by atoms with van der Waals surface area (Å²) in [6, 6.07) is 129. The van der Waals surface area contributed by atoms with Crippen LogP contribution in [-0.2, 0) is 0 Å². The van der Waals surface area contributed by atoms with Crippen LogP contribution in [0.3, 0.4) is 0 Å². The first-order valence-electron chi connectivity index (χ1n) is 29.0. The van der Waals surface area contributed by atoms with Crippen LogP contribution in [0.15, 0.2) is 358 Å². The van der Waals surface area contributed by atoms with Crippen molar-refractivity contribution in [3.63, 3.8) is 0 Å². The Hall–Kier alpha value is -11.3. The van der Waals surface area contributed by atoms with Crippen molar-refractivity contribution in [3.8, 4) is 66.8 Å². The number of rotatable bonds is 15. The van der Waals surface area contributed by atoms with Crippen LogP contribution in [0.2, 0.25) is 0 Å². The molecular formula is C82H59N3. The van der Waals surface area contributed by atoms with Crippen LogP contribution in [0.4, 0.5) is 51.2 Å². The Kier molecular flexibility index (Phi) is 14.4. The van der Waals surface area contributed by atoms with E-state index in [-0.39, 0.29) is 0 Å². The third kappa shape index (κ3) is 11.0. The molecule has 0 atom stereocenters. The molecule has 0 aliphatic heterocycles. The standard InChI is InChI=1S/C82H59N3/c1-5-16-60(17-6-1)65-32-46-76(47-33-65)84(77-48-34-66(35-49-77)61-18-7-2-8-19-61)78-54-40-71(41-55-78)70-38-52-75(53-39-70)83(73-24-11-4-12-25-73)74-50-36-68(37-51-74)63-28-30-64(31-29-63)69-44-58-80(59-45-69)85(82-27-15-23-72-22-13-14-26-81(72)82)79-56-42-67(43-57-79)62-20-9-3-10-21-62/h1-59H. The number of para-hydroxylation sites is 1. The minimum atomic E-state index is 1.08. The summed E-state index contributed by atoms with van der Waals surface area (Å²) < 4.78 is 0. The van der Waals surface area contributed by atoms with Gasteiger partial charge in [-0.3, -0.25) is 0 Å². The van der Waals surface area contributed by atoms with E-state index in [1.54, 1.807) is 0 Å². The molecule has 0 N–H and O–H groups in total. The van der Waals surface area contributed by atoms with Gasteiger partial charge in [-0.05, 0) is 175 Å². The molecule has 0 unspecified atom stereocenters. The summed E-state index contributed by atoms with van der Waals surface area (Å²) >= 11 is 0. The molecule has 14 rings (SSSR count). The van der Waals surface area contributed by atoms with Crippen molar-refractivity contribution in [2.24, 2.45) is 0 Å². The highest BCUT2D eigenvalue weighted by molar-refractivity contribution is 5.99. The van der Waals surface area contributed by atoms with Gasteiger partial charge < -0.3 is 14.7 Å². The molecule has 0 aliphatic carbocycles. The second kappa shape index (κ2) is 23.7. The molecule has 0 radical (unpaired) electrons. The van der Waals surface area contributed by atoms with Crippen molar-refractivity contribution in [2.75, 3.05) is 14.7 Å². The number of hydrogen-bond acceptors (Lipinski definition) is 3. The van der Waals surface area contributed by atoms with Crippen molar-refractivity contribution in [1.82, 2.24) is 0 Å². The quantitative estimate of drug-likeness (QED) is 0.101. The number of nitrogens with zero attached hydrogens (tertiary/aromatic N) is 3. The average Bonchev–Trinajstić information content (AvgIpc) is 3.73. The van der Waals surface area contributed by atoms with Gasteiger partial charge in [0, 0.05) is 50.9 Å². The minimum absolute atomic E-state index is 1.08. The molecule has 0 spiro atoms. The van der Waals surface area contributed by atoms with Gasteiger partial charge in [0.1, 0.15) is 0 Å². The number of hydrogen-bond donors (Lipinski definition) is 0. The van der Waals surface area contributed by atoms with E-state index in [0.29, 0.717) is 0 Å². The van der Waals surface area contributed by atoms with Gasteiger partial charge in [0.25, 0.3) is 0 Å². The summed E-state index contributed by atoms with van der Waals surface area (Å²) in [5.41, 5.74) is 24.0. The maximum absolute atomic E-state index is 2.37. The first-order valence-corrected chi connectivity index (χ1v) is 29.0.